The van der Waals surface area contributed by atoms with Crippen LogP contribution in [0.1, 0.15) is 28.5 Å². The lowest BCUT2D eigenvalue weighted by Gasteiger charge is -2.53. The summed E-state index contributed by atoms with van der Waals surface area (Å²) in [5, 5.41) is 0. The zero-order chi connectivity index (χ0) is 31.7. The average molecular weight is 659 g/mol. The predicted octanol–water partition coefficient (Wildman–Crippen LogP) is 7.28. The molecule has 1 aliphatic heterocycles. The molecule has 240 valence electrons. The van der Waals surface area contributed by atoms with E-state index in [1.54, 1.807) is 7.11 Å². The number of thiocarbonyl (C=S) groups is 1. The number of fused-ring (bicyclic) bond motifs is 2. The van der Waals surface area contributed by atoms with Gasteiger partial charge in [0, 0.05) is 5.56 Å². The lowest BCUT2D eigenvalue weighted by molar-refractivity contribution is -0.371. The Morgan fingerprint density at radius 2 is 1.07 bits per heavy atom. The number of methoxy groups -OCH3 is 1. The predicted molar refractivity (Wildman–Crippen MR) is 182 cm³/mol. The maximum atomic E-state index is 6.76. The van der Waals surface area contributed by atoms with Crippen molar-refractivity contribution in [1.82, 2.24) is 0 Å². The van der Waals surface area contributed by atoms with E-state index >= 15 is 0 Å². The molecule has 7 atom stereocenters. The molecule has 3 unspecified atom stereocenters. The number of thioether (sulfide) groups is 1. The molecule has 1 saturated carbocycles. The second-order valence-electron chi connectivity index (χ2n) is 11.1. The maximum absolute atomic E-state index is 6.76. The minimum Gasteiger partial charge on any atom is -0.497 e. The van der Waals surface area contributed by atoms with Crippen molar-refractivity contribution in [1.29, 1.82) is 0 Å². The fourth-order valence-electron chi connectivity index (χ4n) is 5.83. The van der Waals surface area contributed by atoms with Gasteiger partial charge in [0.1, 0.15) is 36.3 Å². The molecule has 0 aromatic heterocycles. The molecule has 7 nitrogen and oxygen atoms in total. The Balaban J connectivity index is 1.37. The first kappa shape index (κ1) is 32.7. The van der Waals surface area contributed by atoms with Crippen LogP contribution in [0.5, 0.6) is 5.75 Å². The van der Waals surface area contributed by atoms with Crippen molar-refractivity contribution in [2.75, 3.05) is 13.4 Å². The molecule has 46 heavy (non-hydrogen) atoms. The van der Waals surface area contributed by atoms with Crippen molar-refractivity contribution in [2.24, 2.45) is 0 Å². The van der Waals surface area contributed by atoms with Crippen LogP contribution in [0.4, 0.5) is 0 Å². The topological polar surface area (TPSA) is 64.6 Å². The van der Waals surface area contributed by atoms with Crippen LogP contribution in [0.2, 0.25) is 0 Å². The zero-order valence-corrected chi connectivity index (χ0v) is 27.4. The first-order chi connectivity index (χ1) is 22.6. The highest BCUT2D eigenvalue weighted by molar-refractivity contribution is 8.22. The third-order valence-electron chi connectivity index (χ3n) is 8.15. The van der Waals surface area contributed by atoms with Crippen LogP contribution in [0.25, 0.3) is 0 Å². The molecule has 2 bridgehead atoms. The first-order valence-electron chi connectivity index (χ1n) is 15.3. The summed E-state index contributed by atoms with van der Waals surface area (Å²) in [5.74, 6) is 0.782. The van der Waals surface area contributed by atoms with E-state index in [0.717, 1.165) is 28.0 Å². The molecule has 1 saturated heterocycles. The molecule has 1 aliphatic carbocycles. The SMILES string of the molecule is COc1ccc(COC2[C@H]3OC(c4ccccc4)O[C@@H]2[C@@H](OCc2ccccc2)C(OC(=S)SC)[C@H]3OCc2ccccc2)cc1. The van der Waals surface area contributed by atoms with Gasteiger partial charge in [-0.3, -0.25) is 0 Å². The number of benzene rings is 4. The Morgan fingerprint density at radius 3 is 1.54 bits per heavy atom. The fourth-order valence-corrected chi connectivity index (χ4v) is 6.14. The molecule has 2 fully saturated rings. The standard InChI is InChI=1S/C37H38O7S2/c1-38-29-20-18-27(19-21-29)24-41-30-33-31(39-22-25-12-6-3-7-13-25)35(44-37(45)46-2)32(40-23-26-14-8-4-9-15-26)34(30)43-36(42-33)28-16-10-5-11-17-28/h3-21,30-36H,22-24H2,1-2H3/t30?,31-,32+,33+,34-,35?,36?. The van der Waals surface area contributed by atoms with Gasteiger partial charge in [-0.2, -0.15) is 0 Å². The van der Waals surface area contributed by atoms with Gasteiger partial charge in [-0.05, 0) is 47.3 Å². The third kappa shape index (κ3) is 7.98. The van der Waals surface area contributed by atoms with Crippen LogP contribution < -0.4 is 4.74 Å². The summed E-state index contributed by atoms with van der Waals surface area (Å²) in [7, 11) is 1.65. The molecule has 4 aromatic carbocycles. The quantitative estimate of drug-likeness (QED) is 0.146. The Kier molecular flexibility index (Phi) is 11.4. The second-order valence-corrected chi connectivity index (χ2v) is 12.5. The number of hydrogen-bond acceptors (Lipinski definition) is 9. The lowest BCUT2D eigenvalue weighted by Crippen LogP contribution is -2.70. The van der Waals surface area contributed by atoms with E-state index in [0.29, 0.717) is 24.2 Å². The van der Waals surface area contributed by atoms with Crippen molar-refractivity contribution in [2.45, 2.75) is 62.7 Å². The van der Waals surface area contributed by atoms with Crippen LogP contribution in [-0.4, -0.2) is 54.4 Å². The summed E-state index contributed by atoms with van der Waals surface area (Å²) in [6, 6.07) is 37.8. The average Bonchev–Trinajstić information content (AvgIpc) is 3.11. The van der Waals surface area contributed by atoms with Crippen LogP contribution in [-0.2, 0) is 48.2 Å². The van der Waals surface area contributed by atoms with E-state index in [4.69, 9.17) is 45.4 Å². The molecule has 0 N–H and O–H groups in total. The van der Waals surface area contributed by atoms with Crippen LogP contribution >= 0.6 is 24.0 Å². The second kappa shape index (κ2) is 16.0. The van der Waals surface area contributed by atoms with Crippen LogP contribution in [0, 0.1) is 0 Å². The summed E-state index contributed by atoms with van der Waals surface area (Å²) in [6.45, 7) is 1.01. The number of ether oxygens (including phenoxy) is 7. The van der Waals surface area contributed by atoms with E-state index in [1.165, 1.54) is 11.8 Å². The van der Waals surface area contributed by atoms with E-state index in [1.807, 2.05) is 122 Å². The molecule has 0 spiro atoms. The van der Waals surface area contributed by atoms with Gasteiger partial charge in [-0.25, -0.2) is 0 Å². The minimum absolute atomic E-state index is 0.329. The van der Waals surface area contributed by atoms with Gasteiger partial charge in [0.05, 0.1) is 26.9 Å². The maximum Gasteiger partial charge on any atom is 0.220 e. The van der Waals surface area contributed by atoms with Crippen molar-refractivity contribution in [3.8, 4) is 5.75 Å². The molecular weight excluding hydrogens is 621 g/mol. The lowest BCUT2D eigenvalue weighted by atomic mass is 9.82. The van der Waals surface area contributed by atoms with Crippen molar-refractivity contribution >= 4 is 28.4 Å². The monoisotopic (exact) mass is 658 g/mol. The van der Waals surface area contributed by atoms with Gasteiger partial charge in [0.2, 0.25) is 4.38 Å². The van der Waals surface area contributed by atoms with E-state index in [2.05, 4.69) is 0 Å². The van der Waals surface area contributed by atoms with E-state index in [-0.39, 0.29) is 0 Å². The van der Waals surface area contributed by atoms with Crippen LogP contribution in [0.15, 0.2) is 115 Å². The summed E-state index contributed by atoms with van der Waals surface area (Å²) in [4.78, 5) is 0. The van der Waals surface area contributed by atoms with Crippen molar-refractivity contribution in [3.63, 3.8) is 0 Å². The Morgan fingerprint density at radius 1 is 0.609 bits per heavy atom. The number of hydrogen-bond donors (Lipinski definition) is 0. The Labute approximate surface area is 280 Å². The van der Waals surface area contributed by atoms with Crippen molar-refractivity contribution in [3.05, 3.63) is 138 Å². The van der Waals surface area contributed by atoms with Crippen molar-refractivity contribution < 1.29 is 33.2 Å². The van der Waals surface area contributed by atoms with Gasteiger partial charge in [0.15, 0.2) is 12.4 Å². The Bertz CT molecular complexity index is 1450. The molecular formula is C37H38O7S2. The molecule has 4 aromatic rings. The Hall–Kier alpha value is -3.28. The molecule has 1 heterocycles. The summed E-state index contributed by atoms with van der Waals surface area (Å²) >= 11 is 6.96. The highest BCUT2D eigenvalue weighted by Crippen LogP contribution is 2.43. The van der Waals surface area contributed by atoms with E-state index < -0.39 is 42.9 Å². The first-order valence-corrected chi connectivity index (χ1v) is 16.9. The van der Waals surface area contributed by atoms with Gasteiger partial charge in [0.25, 0.3) is 0 Å². The summed E-state index contributed by atoms with van der Waals surface area (Å²) in [6.07, 6.45) is -2.24. The molecule has 9 heteroatoms. The third-order valence-corrected chi connectivity index (χ3v) is 9.17. The fraction of sp³-hybridized carbons (Fsp3) is 0.324. The van der Waals surface area contributed by atoms with Gasteiger partial charge in [-0.15, -0.1) is 0 Å². The largest absolute Gasteiger partial charge is 0.497 e. The zero-order valence-electron chi connectivity index (χ0n) is 25.8. The highest BCUT2D eigenvalue weighted by atomic mass is 32.2. The molecule has 2 aliphatic rings. The van der Waals surface area contributed by atoms with Gasteiger partial charge >= 0.3 is 0 Å². The summed E-state index contributed by atoms with van der Waals surface area (Å²) < 4.78 is 45.9. The smallest absolute Gasteiger partial charge is 0.220 e. The highest BCUT2D eigenvalue weighted by Gasteiger charge is 2.59. The summed E-state index contributed by atoms with van der Waals surface area (Å²) in [5.41, 5.74) is 3.94. The van der Waals surface area contributed by atoms with Crippen LogP contribution in [0.3, 0.4) is 0 Å². The van der Waals surface area contributed by atoms with E-state index in [9.17, 15) is 0 Å². The molecule has 0 radical (unpaired) electrons. The minimum atomic E-state index is -0.656. The molecule has 6 rings (SSSR count). The van der Waals surface area contributed by atoms with Gasteiger partial charge < -0.3 is 33.2 Å². The van der Waals surface area contributed by atoms with Gasteiger partial charge in [-0.1, -0.05) is 115 Å². The normalized spacial score (nSPS) is 25.5. The molecule has 0 amide bonds. The number of rotatable bonds is 12.